The second kappa shape index (κ2) is 16.0. The molecule has 28 heavy (non-hydrogen) atoms. The summed E-state index contributed by atoms with van der Waals surface area (Å²) in [5, 5.41) is 0. The highest BCUT2D eigenvalue weighted by molar-refractivity contribution is 5.53. The molecule has 0 radical (unpaired) electrons. The second-order valence-electron chi connectivity index (χ2n) is 5.99. The molecule has 0 fully saturated rings. The topological polar surface area (TPSA) is 0 Å². The van der Waals surface area contributed by atoms with Crippen LogP contribution in [0.5, 0.6) is 0 Å². The number of rotatable bonds is 4. The largest absolute Gasteiger partial charge is 0.203 e. The number of halogens is 2. The summed E-state index contributed by atoms with van der Waals surface area (Å²) in [5.41, 5.74) is 4.44. The Morgan fingerprint density at radius 2 is 1.39 bits per heavy atom. The van der Waals surface area contributed by atoms with E-state index in [4.69, 9.17) is 0 Å². The van der Waals surface area contributed by atoms with Gasteiger partial charge < -0.3 is 0 Å². The van der Waals surface area contributed by atoms with E-state index in [9.17, 15) is 8.78 Å². The Morgan fingerprint density at radius 3 is 1.86 bits per heavy atom. The van der Waals surface area contributed by atoms with Crippen LogP contribution in [0, 0.1) is 0 Å². The molecule has 0 aromatic rings. The van der Waals surface area contributed by atoms with E-state index < -0.39 is 11.7 Å². The van der Waals surface area contributed by atoms with Gasteiger partial charge in [-0.3, -0.25) is 0 Å². The summed E-state index contributed by atoms with van der Waals surface area (Å²) in [4.78, 5) is 0. The number of hydrogen-bond acceptors (Lipinski definition) is 0. The molecule has 2 rings (SSSR count). The van der Waals surface area contributed by atoms with E-state index in [0.29, 0.717) is 29.6 Å². The van der Waals surface area contributed by atoms with Crippen LogP contribution in [-0.2, 0) is 0 Å². The minimum absolute atomic E-state index is 0.363. The maximum atomic E-state index is 14.4. The third-order valence-electron chi connectivity index (χ3n) is 4.05. The highest BCUT2D eigenvalue weighted by Crippen LogP contribution is 2.40. The molecular formula is C26H40F2. The molecule has 0 spiro atoms. The minimum Gasteiger partial charge on any atom is -0.203 e. The van der Waals surface area contributed by atoms with Crippen molar-refractivity contribution in [1.29, 1.82) is 0 Å². The summed E-state index contributed by atoms with van der Waals surface area (Å²) in [6.07, 6.45) is 10.1. The summed E-state index contributed by atoms with van der Waals surface area (Å²) in [5.74, 6) is -1.48. The fraction of sp³-hybridized carbons (Fsp3) is 0.462. The van der Waals surface area contributed by atoms with Gasteiger partial charge in [0.05, 0.1) is 0 Å². The number of allylic oxidation sites excluding steroid dienone is 12. The molecule has 0 bridgehead atoms. The second-order valence-corrected chi connectivity index (χ2v) is 5.99. The van der Waals surface area contributed by atoms with Gasteiger partial charge in [0.2, 0.25) is 0 Å². The van der Waals surface area contributed by atoms with Crippen LogP contribution in [0.4, 0.5) is 8.78 Å². The average Bonchev–Trinajstić information content (AvgIpc) is 2.73. The lowest BCUT2D eigenvalue weighted by Crippen LogP contribution is -2.06. The lowest BCUT2D eigenvalue weighted by Gasteiger charge is -2.22. The van der Waals surface area contributed by atoms with Gasteiger partial charge in [-0.1, -0.05) is 90.2 Å². The summed E-state index contributed by atoms with van der Waals surface area (Å²) in [6, 6.07) is 0. The molecule has 2 aliphatic carbocycles. The number of hydrogen-bond donors (Lipinski definition) is 0. The molecule has 0 aliphatic heterocycles. The molecule has 2 heteroatoms. The molecule has 0 amide bonds. The first-order valence-corrected chi connectivity index (χ1v) is 10.6. The Kier molecular flexibility index (Phi) is 16.2. The van der Waals surface area contributed by atoms with Crippen LogP contribution in [-0.4, -0.2) is 0 Å². The van der Waals surface area contributed by atoms with Gasteiger partial charge in [-0.2, -0.15) is 0 Å². The Hall–Kier alpha value is -1.96. The molecular weight excluding hydrogens is 350 g/mol. The van der Waals surface area contributed by atoms with Crippen molar-refractivity contribution in [2.45, 2.75) is 81.1 Å². The van der Waals surface area contributed by atoms with Crippen LogP contribution >= 0.6 is 0 Å². The molecule has 0 nitrogen and oxygen atoms in total. The van der Waals surface area contributed by atoms with Crippen molar-refractivity contribution in [2.75, 3.05) is 0 Å². The Morgan fingerprint density at radius 1 is 0.821 bits per heavy atom. The molecule has 0 saturated carbocycles. The van der Waals surface area contributed by atoms with Gasteiger partial charge in [0.15, 0.2) is 11.7 Å². The van der Waals surface area contributed by atoms with Crippen molar-refractivity contribution in [3.63, 3.8) is 0 Å². The van der Waals surface area contributed by atoms with E-state index in [2.05, 4.69) is 20.1 Å². The molecule has 0 aromatic carbocycles. The molecule has 0 aromatic heterocycles. The predicted molar refractivity (Wildman–Crippen MR) is 124 cm³/mol. The van der Waals surface area contributed by atoms with Crippen molar-refractivity contribution in [2.24, 2.45) is 0 Å². The van der Waals surface area contributed by atoms with E-state index in [1.807, 2.05) is 60.6 Å². The SMILES string of the molecule is C=C(C)/C=C\C(=C)C1=C(F)C(F)=C(C2=CC=C(C)CC2)CC1.CC.CC.CC. The van der Waals surface area contributed by atoms with Crippen molar-refractivity contribution in [1.82, 2.24) is 0 Å². The van der Waals surface area contributed by atoms with Crippen molar-refractivity contribution in [3.8, 4) is 0 Å². The zero-order valence-electron chi connectivity index (χ0n) is 19.3. The van der Waals surface area contributed by atoms with Gasteiger partial charge in [0, 0.05) is 0 Å². The van der Waals surface area contributed by atoms with Crippen LogP contribution in [0.15, 0.2) is 82.6 Å². The Balaban J connectivity index is 0. The first kappa shape index (κ1) is 28.3. The molecule has 158 valence electrons. The fourth-order valence-electron chi connectivity index (χ4n) is 2.67. The Labute approximate surface area is 172 Å². The van der Waals surface area contributed by atoms with Crippen LogP contribution in [0.1, 0.15) is 81.1 Å². The maximum absolute atomic E-state index is 14.4. The third kappa shape index (κ3) is 8.82. The van der Waals surface area contributed by atoms with E-state index in [0.717, 1.165) is 24.0 Å². The molecule has 2 aliphatic rings. The Bertz CT molecular complexity index is 665. The summed E-state index contributed by atoms with van der Waals surface area (Å²) in [6.45, 7) is 23.5. The van der Waals surface area contributed by atoms with Crippen LogP contribution < -0.4 is 0 Å². The minimum atomic E-state index is -0.759. The zero-order chi connectivity index (χ0) is 22.3. The molecule has 0 unspecified atom stereocenters. The van der Waals surface area contributed by atoms with Gasteiger partial charge in [0.1, 0.15) is 0 Å². The van der Waals surface area contributed by atoms with Crippen molar-refractivity contribution >= 4 is 0 Å². The smallest absolute Gasteiger partial charge is 0.162 e. The van der Waals surface area contributed by atoms with Gasteiger partial charge in [-0.05, 0) is 61.8 Å². The zero-order valence-corrected chi connectivity index (χ0v) is 19.3. The lowest BCUT2D eigenvalue weighted by molar-refractivity contribution is 0.512. The van der Waals surface area contributed by atoms with Gasteiger partial charge >= 0.3 is 0 Å². The highest BCUT2D eigenvalue weighted by atomic mass is 19.2. The molecule has 0 atom stereocenters. The summed E-state index contributed by atoms with van der Waals surface area (Å²) < 4.78 is 28.8. The van der Waals surface area contributed by atoms with Crippen molar-refractivity contribution < 1.29 is 8.78 Å². The predicted octanol–water partition coefficient (Wildman–Crippen LogP) is 9.66. The third-order valence-corrected chi connectivity index (χ3v) is 4.05. The summed E-state index contributed by atoms with van der Waals surface area (Å²) >= 11 is 0. The van der Waals surface area contributed by atoms with Crippen LogP contribution in [0.3, 0.4) is 0 Å². The summed E-state index contributed by atoms with van der Waals surface area (Å²) in [7, 11) is 0. The van der Waals surface area contributed by atoms with Gasteiger partial charge in [0.25, 0.3) is 0 Å². The first-order valence-electron chi connectivity index (χ1n) is 10.6. The van der Waals surface area contributed by atoms with E-state index in [-0.39, 0.29) is 0 Å². The van der Waals surface area contributed by atoms with E-state index >= 15 is 0 Å². The van der Waals surface area contributed by atoms with Crippen LogP contribution in [0.25, 0.3) is 0 Å². The van der Waals surface area contributed by atoms with E-state index in [1.165, 1.54) is 5.57 Å². The monoisotopic (exact) mass is 390 g/mol. The van der Waals surface area contributed by atoms with E-state index in [1.54, 1.807) is 12.2 Å². The average molecular weight is 391 g/mol. The van der Waals surface area contributed by atoms with Gasteiger partial charge in [-0.25, -0.2) is 8.78 Å². The maximum Gasteiger partial charge on any atom is 0.162 e. The quantitative estimate of drug-likeness (QED) is 0.419. The van der Waals surface area contributed by atoms with Crippen molar-refractivity contribution in [3.05, 3.63) is 82.6 Å². The standard InChI is InChI=1S/C20H22F2.3C2H6/c1-13(2)5-8-15(4)17-11-12-18(20(22)19(17)21)16-9-6-14(3)7-10-16;3*1-2/h5-6,8-9H,1,4,7,10-12H2,2-3H3;3*1-2H3/b8-5-;;;. The fourth-order valence-corrected chi connectivity index (χ4v) is 2.67. The molecule has 0 heterocycles. The first-order chi connectivity index (χ1) is 13.4. The van der Waals surface area contributed by atoms with Gasteiger partial charge in [-0.15, -0.1) is 0 Å². The molecule has 0 N–H and O–H groups in total. The molecule has 0 saturated heterocycles. The highest BCUT2D eigenvalue weighted by Gasteiger charge is 2.25. The normalized spacial score (nSPS) is 15.9. The van der Waals surface area contributed by atoms with Crippen LogP contribution in [0.2, 0.25) is 0 Å². The lowest BCUT2D eigenvalue weighted by atomic mass is 9.85.